The van der Waals surface area contributed by atoms with Gasteiger partial charge in [-0.2, -0.15) is 9.97 Å². The molecular weight excluding hydrogens is 747 g/mol. The Balaban J connectivity index is 0.000000181. The quantitative estimate of drug-likeness (QED) is 0.106. The zero-order valence-electron chi connectivity index (χ0n) is 36.3. The van der Waals surface area contributed by atoms with Crippen molar-refractivity contribution >= 4 is 57.8 Å². The molecule has 0 radical (unpaired) electrons. The van der Waals surface area contributed by atoms with Crippen LogP contribution in [-0.4, -0.2) is 101 Å². The van der Waals surface area contributed by atoms with Gasteiger partial charge < -0.3 is 40.9 Å². The second-order valence-electron chi connectivity index (χ2n) is 16.1. The molecule has 5 heterocycles. The Hall–Kier alpha value is -6.31. The molecule has 0 spiro atoms. The summed E-state index contributed by atoms with van der Waals surface area (Å²) in [5.74, 6) is 3.68. The second kappa shape index (κ2) is 19.2. The van der Waals surface area contributed by atoms with E-state index in [1.165, 1.54) is 33.5 Å². The zero-order chi connectivity index (χ0) is 42.2. The van der Waals surface area contributed by atoms with Gasteiger partial charge in [0.2, 0.25) is 11.9 Å². The summed E-state index contributed by atoms with van der Waals surface area (Å²) in [6.45, 7) is 21.2. The number of aromatic nitrogens is 5. The van der Waals surface area contributed by atoms with Gasteiger partial charge in [-0.05, 0) is 150 Å². The van der Waals surface area contributed by atoms with Crippen LogP contribution in [0.3, 0.4) is 0 Å². The van der Waals surface area contributed by atoms with Crippen molar-refractivity contribution in [3.05, 3.63) is 125 Å². The molecule has 0 unspecified atom stereocenters. The van der Waals surface area contributed by atoms with Gasteiger partial charge in [0.1, 0.15) is 17.5 Å². The molecule has 3 aromatic carbocycles. The minimum atomic E-state index is 0.539. The predicted molar refractivity (Wildman–Crippen MR) is 249 cm³/mol. The molecule has 60 heavy (non-hydrogen) atoms. The molecule has 0 aliphatic carbocycles. The van der Waals surface area contributed by atoms with Gasteiger partial charge in [-0.15, -0.1) is 0 Å². The molecule has 13 nitrogen and oxygen atoms in total. The van der Waals surface area contributed by atoms with Crippen LogP contribution >= 0.6 is 0 Å². The van der Waals surface area contributed by atoms with Crippen LogP contribution < -0.4 is 31.1 Å². The highest BCUT2D eigenvalue weighted by molar-refractivity contribution is 5.66. The SMILES string of the molecule is Cc1ccc(Nc2ccnc(Nc3ccc(N4CCN(C)CC4)c(C)c3)n2)cc1C.Cc1ccc(Nc2ccnc(Nc3cnc(N4CCN(C)CC4)c(C)c3)n2)cc1C. The van der Waals surface area contributed by atoms with Crippen molar-refractivity contribution in [3.8, 4) is 0 Å². The van der Waals surface area contributed by atoms with E-state index in [4.69, 9.17) is 4.98 Å². The smallest absolute Gasteiger partial charge is 0.229 e. The van der Waals surface area contributed by atoms with Crippen molar-refractivity contribution in [1.82, 2.24) is 34.7 Å². The van der Waals surface area contributed by atoms with E-state index in [0.29, 0.717) is 11.9 Å². The van der Waals surface area contributed by atoms with Gasteiger partial charge in [-0.3, -0.25) is 0 Å². The van der Waals surface area contributed by atoms with Gasteiger partial charge in [0.05, 0.1) is 11.9 Å². The van der Waals surface area contributed by atoms with Crippen molar-refractivity contribution in [2.75, 3.05) is 97.5 Å². The molecule has 2 fully saturated rings. The third-order valence-electron chi connectivity index (χ3n) is 11.3. The second-order valence-corrected chi connectivity index (χ2v) is 16.1. The highest BCUT2D eigenvalue weighted by Crippen LogP contribution is 2.27. The molecule has 4 N–H and O–H groups in total. The number of aryl methyl sites for hydroxylation is 6. The summed E-state index contributed by atoms with van der Waals surface area (Å²) in [5, 5.41) is 13.3. The van der Waals surface area contributed by atoms with Crippen molar-refractivity contribution < 1.29 is 0 Å². The summed E-state index contributed by atoms with van der Waals surface area (Å²) in [7, 11) is 4.34. The maximum Gasteiger partial charge on any atom is 0.229 e. The molecule has 6 aromatic rings. The fourth-order valence-corrected chi connectivity index (χ4v) is 7.29. The number of benzene rings is 3. The zero-order valence-corrected chi connectivity index (χ0v) is 36.3. The van der Waals surface area contributed by atoms with Crippen LogP contribution in [0.4, 0.5) is 57.8 Å². The first-order valence-corrected chi connectivity index (χ1v) is 20.8. The Bertz CT molecular complexity index is 2220. The fourth-order valence-electron chi connectivity index (χ4n) is 7.29. The molecule has 3 aromatic heterocycles. The highest BCUT2D eigenvalue weighted by atomic mass is 15.3. The molecule has 0 bridgehead atoms. The molecule has 13 heteroatoms. The molecule has 0 amide bonds. The lowest BCUT2D eigenvalue weighted by Crippen LogP contribution is -2.45. The lowest BCUT2D eigenvalue weighted by atomic mass is 10.1. The number of anilines is 10. The van der Waals surface area contributed by atoms with Gasteiger partial charge in [-0.1, -0.05) is 12.1 Å². The maximum absolute atomic E-state index is 4.70. The number of hydrogen-bond donors (Lipinski definition) is 4. The largest absolute Gasteiger partial charge is 0.369 e. The van der Waals surface area contributed by atoms with Crippen molar-refractivity contribution in [2.45, 2.75) is 41.5 Å². The van der Waals surface area contributed by atoms with E-state index in [1.807, 2.05) is 18.3 Å². The Kier molecular flexibility index (Phi) is 13.4. The monoisotopic (exact) mass is 806 g/mol. The lowest BCUT2D eigenvalue weighted by Gasteiger charge is -2.35. The predicted octanol–water partition coefficient (Wildman–Crippen LogP) is 8.68. The summed E-state index contributed by atoms with van der Waals surface area (Å²) in [6, 6.07) is 24.9. The topological polar surface area (TPSA) is 126 Å². The van der Waals surface area contributed by atoms with Gasteiger partial charge in [0.25, 0.3) is 0 Å². The van der Waals surface area contributed by atoms with E-state index in [9.17, 15) is 0 Å². The van der Waals surface area contributed by atoms with Crippen LogP contribution in [-0.2, 0) is 0 Å². The van der Waals surface area contributed by atoms with Gasteiger partial charge in [0, 0.05) is 87.5 Å². The number of pyridine rings is 1. The minimum Gasteiger partial charge on any atom is -0.369 e. The van der Waals surface area contributed by atoms with Gasteiger partial charge >= 0.3 is 0 Å². The molecule has 0 atom stereocenters. The molecule has 2 aliphatic heterocycles. The summed E-state index contributed by atoms with van der Waals surface area (Å²) >= 11 is 0. The summed E-state index contributed by atoms with van der Waals surface area (Å²) < 4.78 is 0. The van der Waals surface area contributed by atoms with E-state index in [-0.39, 0.29) is 0 Å². The van der Waals surface area contributed by atoms with Gasteiger partial charge in [-0.25, -0.2) is 15.0 Å². The third-order valence-corrected chi connectivity index (χ3v) is 11.3. The van der Waals surface area contributed by atoms with Crippen molar-refractivity contribution in [3.63, 3.8) is 0 Å². The third kappa shape index (κ3) is 11.0. The first kappa shape index (κ1) is 41.8. The lowest BCUT2D eigenvalue weighted by molar-refractivity contribution is 0.312. The van der Waals surface area contributed by atoms with Crippen LogP contribution in [0.2, 0.25) is 0 Å². The van der Waals surface area contributed by atoms with E-state index in [2.05, 4.69) is 177 Å². The van der Waals surface area contributed by atoms with E-state index in [1.54, 1.807) is 12.4 Å². The van der Waals surface area contributed by atoms with Crippen molar-refractivity contribution in [1.29, 1.82) is 0 Å². The van der Waals surface area contributed by atoms with Crippen LogP contribution in [0.15, 0.2) is 91.4 Å². The molecule has 312 valence electrons. The summed E-state index contributed by atoms with van der Waals surface area (Å²) in [5.41, 5.74) is 12.7. The number of likely N-dealkylation sites (N-methyl/N-ethyl adjacent to an activating group) is 2. The van der Waals surface area contributed by atoms with Gasteiger partial charge in [0.15, 0.2) is 0 Å². The molecule has 2 aliphatic rings. The van der Waals surface area contributed by atoms with Crippen LogP contribution in [0.25, 0.3) is 0 Å². The highest BCUT2D eigenvalue weighted by Gasteiger charge is 2.18. The molecule has 0 saturated carbocycles. The molecule has 2 saturated heterocycles. The molecule has 8 rings (SSSR count). The number of hydrogen-bond acceptors (Lipinski definition) is 13. The first-order chi connectivity index (χ1) is 28.9. The van der Waals surface area contributed by atoms with Crippen LogP contribution in [0.5, 0.6) is 0 Å². The summed E-state index contributed by atoms with van der Waals surface area (Å²) in [4.78, 5) is 32.2. The fraction of sp³-hybridized carbons (Fsp3) is 0.340. The Morgan fingerprint density at radius 1 is 0.417 bits per heavy atom. The number of nitrogens with zero attached hydrogens (tertiary/aromatic N) is 9. The first-order valence-electron chi connectivity index (χ1n) is 20.8. The standard InChI is InChI=1S/C24H30N6.C23H29N7/c1-17-5-6-20(15-18(17)2)26-23-9-10-25-24(28-23)27-21-7-8-22(19(3)16-21)30-13-11-29(4)12-14-30;1-16-5-6-19(13-17(16)2)26-21-7-8-24-23(28-21)27-20-14-18(3)22(25-15-20)30-11-9-29(4)10-12-30/h5-10,15-16H,11-14H2,1-4H3,(H2,25,26,27,28);5-8,13-15H,9-12H2,1-4H3,(H2,24,26,27,28). The number of nitrogens with one attached hydrogen (secondary N) is 4. The minimum absolute atomic E-state index is 0.539. The normalized spacial score (nSPS) is 14.6. The Morgan fingerprint density at radius 2 is 0.867 bits per heavy atom. The average Bonchev–Trinajstić information content (AvgIpc) is 3.22. The summed E-state index contributed by atoms with van der Waals surface area (Å²) in [6.07, 6.45) is 5.37. The van der Waals surface area contributed by atoms with E-state index in [0.717, 1.165) is 98.1 Å². The Labute approximate surface area is 355 Å². The number of piperazine rings is 2. The average molecular weight is 806 g/mol. The van der Waals surface area contributed by atoms with E-state index >= 15 is 0 Å². The number of rotatable bonds is 10. The molecular formula is C47H59N13. The van der Waals surface area contributed by atoms with Crippen LogP contribution in [0.1, 0.15) is 33.4 Å². The van der Waals surface area contributed by atoms with E-state index < -0.39 is 0 Å². The van der Waals surface area contributed by atoms with Crippen LogP contribution in [0, 0.1) is 41.5 Å². The Morgan fingerprint density at radius 3 is 1.37 bits per heavy atom. The van der Waals surface area contributed by atoms with Crippen molar-refractivity contribution in [2.24, 2.45) is 0 Å². The maximum atomic E-state index is 4.70.